The molecule has 30 heavy (non-hydrogen) atoms. The fourth-order valence-corrected chi connectivity index (χ4v) is 4.85. The van der Waals surface area contributed by atoms with Crippen molar-refractivity contribution in [2.75, 3.05) is 5.32 Å². The van der Waals surface area contributed by atoms with Crippen LogP contribution >= 0.6 is 11.3 Å². The van der Waals surface area contributed by atoms with Crippen LogP contribution in [0.25, 0.3) is 11.1 Å². The SMILES string of the molecule is Cc1ccc(C(=O)Nc2scc(-c3ccccc3)c2C(=O)NC2CCCCC2)cc1. The van der Waals surface area contributed by atoms with Gasteiger partial charge in [0.2, 0.25) is 0 Å². The molecule has 0 bridgehead atoms. The number of nitrogens with one attached hydrogen (secondary N) is 2. The summed E-state index contributed by atoms with van der Waals surface area (Å²) in [5.41, 5.74) is 4.05. The Bertz CT molecular complexity index is 1020. The van der Waals surface area contributed by atoms with E-state index in [-0.39, 0.29) is 17.9 Å². The fourth-order valence-electron chi connectivity index (χ4n) is 3.89. The Balaban J connectivity index is 1.64. The summed E-state index contributed by atoms with van der Waals surface area (Å²) >= 11 is 1.39. The third-order valence-electron chi connectivity index (χ3n) is 5.58. The van der Waals surface area contributed by atoms with E-state index in [0.29, 0.717) is 16.1 Å². The molecular formula is C25H26N2O2S. The van der Waals surface area contributed by atoms with Gasteiger partial charge in [0.25, 0.3) is 11.8 Å². The van der Waals surface area contributed by atoms with Gasteiger partial charge >= 0.3 is 0 Å². The minimum absolute atomic E-state index is 0.110. The lowest BCUT2D eigenvalue weighted by molar-refractivity contribution is 0.0929. The summed E-state index contributed by atoms with van der Waals surface area (Å²) in [5.74, 6) is -0.315. The molecule has 0 spiro atoms. The lowest BCUT2D eigenvalue weighted by Crippen LogP contribution is -2.36. The van der Waals surface area contributed by atoms with Gasteiger partial charge in [0, 0.05) is 22.5 Å². The fraction of sp³-hybridized carbons (Fsp3) is 0.280. The molecule has 0 unspecified atom stereocenters. The number of amides is 2. The van der Waals surface area contributed by atoms with Gasteiger partial charge in [0.15, 0.2) is 0 Å². The number of rotatable bonds is 5. The summed E-state index contributed by atoms with van der Waals surface area (Å²) in [7, 11) is 0. The topological polar surface area (TPSA) is 58.2 Å². The molecule has 2 aromatic carbocycles. The molecule has 1 aromatic heterocycles. The number of hydrogen-bond acceptors (Lipinski definition) is 3. The Morgan fingerprint density at radius 1 is 0.900 bits per heavy atom. The zero-order valence-electron chi connectivity index (χ0n) is 17.1. The van der Waals surface area contributed by atoms with E-state index in [2.05, 4.69) is 10.6 Å². The van der Waals surface area contributed by atoms with Gasteiger partial charge in [0.05, 0.1) is 5.56 Å². The molecule has 0 saturated heterocycles. The number of hydrogen-bond donors (Lipinski definition) is 2. The van der Waals surface area contributed by atoms with Gasteiger partial charge in [-0.3, -0.25) is 9.59 Å². The third kappa shape index (κ3) is 4.62. The quantitative estimate of drug-likeness (QED) is 0.531. The van der Waals surface area contributed by atoms with Crippen LogP contribution in [0.4, 0.5) is 5.00 Å². The van der Waals surface area contributed by atoms with Crippen LogP contribution < -0.4 is 10.6 Å². The molecule has 0 radical (unpaired) electrons. The lowest BCUT2D eigenvalue weighted by atomic mass is 9.95. The molecule has 1 heterocycles. The first-order valence-corrected chi connectivity index (χ1v) is 11.4. The second kappa shape index (κ2) is 9.26. The van der Waals surface area contributed by atoms with Crippen molar-refractivity contribution in [3.05, 3.63) is 76.7 Å². The molecule has 2 N–H and O–H groups in total. The van der Waals surface area contributed by atoms with E-state index in [1.165, 1.54) is 17.8 Å². The van der Waals surface area contributed by atoms with E-state index in [1.54, 1.807) is 12.1 Å². The molecule has 5 heteroatoms. The van der Waals surface area contributed by atoms with E-state index in [4.69, 9.17) is 0 Å². The van der Waals surface area contributed by atoms with Crippen LogP contribution in [0, 0.1) is 6.92 Å². The first kappa shape index (κ1) is 20.4. The Morgan fingerprint density at radius 3 is 2.30 bits per heavy atom. The molecule has 1 aliphatic rings. The average Bonchev–Trinajstić information content (AvgIpc) is 3.19. The normalized spacial score (nSPS) is 14.3. The highest BCUT2D eigenvalue weighted by molar-refractivity contribution is 7.15. The van der Waals surface area contributed by atoms with Crippen molar-refractivity contribution in [2.45, 2.75) is 45.1 Å². The van der Waals surface area contributed by atoms with E-state index in [1.807, 2.05) is 54.8 Å². The maximum Gasteiger partial charge on any atom is 0.256 e. The highest BCUT2D eigenvalue weighted by atomic mass is 32.1. The van der Waals surface area contributed by atoms with Crippen molar-refractivity contribution >= 4 is 28.2 Å². The molecule has 4 rings (SSSR count). The molecule has 1 fully saturated rings. The van der Waals surface area contributed by atoms with Gasteiger partial charge in [-0.05, 0) is 37.5 Å². The van der Waals surface area contributed by atoms with Gasteiger partial charge < -0.3 is 10.6 Å². The maximum absolute atomic E-state index is 13.3. The Hall–Kier alpha value is -2.92. The molecule has 1 saturated carbocycles. The van der Waals surface area contributed by atoms with Gasteiger partial charge in [-0.15, -0.1) is 11.3 Å². The zero-order valence-corrected chi connectivity index (χ0v) is 17.9. The second-order valence-electron chi connectivity index (χ2n) is 7.85. The predicted molar refractivity (Wildman–Crippen MR) is 123 cm³/mol. The first-order valence-electron chi connectivity index (χ1n) is 10.5. The molecule has 1 aliphatic carbocycles. The lowest BCUT2D eigenvalue weighted by Gasteiger charge is -2.23. The summed E-state index contributed by atoms with van der Waals surface area (Å²) < 4.78 is 0. The molecule has 3 aromatic rings. The van der Waals surface area contributed by atoms with E-state index in [0.717, 1.165) is 42.4 Å². The number of aryl methyl sites for hydroxylation is 1. The molecule has 2 amide bonds. The van der Waals surface area contributed by atoms with E-state index < -0.39 is 0 Å². The third-order valence-corrected chi connectivity index (χ3v) is 6.48. The van der Waals surface area contributed by atoms with Crippen LogP contribution in [-0.4, -0.2) is 17.9 Å². The van der Waals surface area contributed by atoms with Crippen LogP contribution in [-0.2, 0) is 0 Å². The highest BCUT2D eigenvalue weighted by Gasteiger charge is 2.24. The van der Waals surface area contributed by atoms with Crippen molar-refractivity contribution in [1.82, 2.24) is 5.32 Å². The minimum Gasteiger partial charge on any atom is -0.349 e. The van der Waals surface area contributed by atoms with Crippen molar-refractivity contribution in [3.8, 4) is 11.1 Å². The van der Waals surface area contributed by atoms with Crippen LogP contribution in [0.5, 0.6) is 0 Å². The monoisotopic (exact) mass is 418 g/mol. The summed E-state index contributed by atoms with van der Waals surface area (Å²) in [4.78, 5) is 26.1. The Kier molecular flexibility index (Phi) is 6.29. The van der Waals surface area contributed by atoms with Crippen LogP contribution in [0.2, 0.25) is 0 Å². The van der Waals surface area contributed by atoms with E-state index >= 15 is 0 Å². The number of benzene rings is 2. The van der Waals surface area contributed by atoms with Crippen molar-refractivity contribution in [2.24, 2.45) is 0 Å². The summed E-state index contributed by atoms with van der Waals surface area (Å²) in [6.45, 7) is 1.99. The largest absolute Gasteiger partial charge is 0.349 e. The average molecular weight is 419 g/mol. The number of anilines is 1. The standard InChI is InChI=1S/C25H26N2O2S/c1-17-12-14-19(15-13-17)23(28)27-25-22(24(29)26-20-10-6-3-7-11-20)21(16-30-25)18-8-4-2-5-9-18/h2,4-5,8-9,12-16,20H,3,6-7,10-11H2,1H3,(H,26,29)(H,27,28). The molecule has 154 valence electrons. The number of thiophene rings is 1. The minimum atomic E-state index is -0.205. The summed E-state index contributed by atoms with van der Waals surface area (Å²) in [6.07, 6.45) is 5.56. The van der Waals surface area contributed by atoms with Crippen LogP contribution in [0.15, 0.2) is 60.0 Å². The van der Waals surface area contributed by atoms with Crippen molar-refractivity contribution in [3.63, 3.8) is 0 Å². The maximum atomic E-state index is 13.3. The Morgan fingerprint density at radius 2 is 1.60 bits per heavy atom. The second-order valence-corrected chi connectivity index (χ2v) is 8.73. The van der Waals surface area contributed by atoms with Gasteiger partial charge in [-0.25, -0.2) is 0 Å². The van der Waals surface area contributed by atoms with Crippen LogP contribution in [0.3, 0.4) is 0 Å². The summed E-state index contributed by atoms with van der Waals surface area (Å²) in [5, 5.41) is 8.73. The van der Waals surface area contributed by atoms with Crippen molar-refractivity contribution in [1.29, 1.82) is 0 Å². The highest BCUT2D eigenvalue weighted by Crippen LogP contribution is 2.36. The zero-order chi connectivity index (χ0) is 20.9. The van der Waals surface area contributed by atoms with Gasteiger partial charge in [-0.2, -0.15) is 0 Å². The van der Waals surface area contributed by atoms with Gasteiger partial charge in [-0.1, -0.05) is 67.3 Å². The number of carbonyl (C=O) groups excluding carboxylic acids is 2. The molecule has 0 aliphatic heterocycles. The van der Waals surface area contributed by atoms with Gasteiger partial charge in [0.1, 0.15) is 5.00 Å². The van der Waals surface area contributed by atoms with E-state index in [9.17, 15) is 9.59 Å². The predicted octanol–water partition coefficient (Wildman–Crippen LogP) is 6.04. The molecular weight excluding hydrogens is 392 g/mol. The first-order chi connectivity index (χ1) is 14.6. The summed E-state index contributed by atoms with van der Waals surface area (Å²) in [6, 6.07) is 17.5. The van der Waals surface area contributed by atoms with Crippen LogP contribution in [0.1, 0.15) is 58.4 Å². The molecule has 0 atom stereocenters. The smallest absolute Gasteiger partial charge is 0.256 e. The number of carbonyl (C=O) groups is 2. The Labute approximate surface area is 181 Å². The molecule has 4 nitrogen and oxygen atoms in total. The van der Waals surface area contributed by atoms with Crippen molar-refractivity contribution < 1.29 is 9.59 Å².